The maximum atomic E-state index is 5.53. The van der Waals surface area contributed by atoms with Crippen LogP contribution in [-0.4, -0.2) is 39.0 Å². The van der Waals surface area contributed by atoms with Crippen molar-refractivity contribution in [2.24, 2.45) is 11.3 Å². The first-order valence-electron chi connectivity index (χ1n) is 7.28. The zero-order valence-corrected chi connectivity index (χ0v) is 10.7. The van der Waals surface area contributed by atoms with Crippen molar-refractivity contribution in [2.75, 3.05) is 33.0 Å². The van der Waals surface area contributed by atoms with Crippen LogP contribution in [0.3, 0.4) is 0 Å². The lowest BCUT2D eigenvalue weighted by Crippen LogP contribution is -2.46. The van der Waals surface area contributed by atoms with Gasteiger partial charge in [-0.15, -0.1) is 0 Å². The quantitative estimate of drug-likeness (QED) is 0.816. The molecule has 1 aliphatic carbocycles. The fraction of sp³-hybridized carbons (Fsp3) is 1.00. The molecular formula is C14H25NO2. The molecule has 17 heavy (non-hydrogen) atoms. The Balaban J connectivity index is 1.53. The molecule has 3 rings (SSSR count). The van der Waals surface area contributed by atoms with E-state index >= 15 is 0 Å². The Morgan fingerprint density at radius 2 is 1.88 bits per heavy atom. The van der Waals surface area contributed by atoms with Gasteiger partial charge in [-0.05, 0) is 43.4 Å². The van der Waals surface area contributed by atoms with Crippen LogP contribution in [0.5, 0.6) is 0 Å². The highest BCUT2D eigenvalue weighted by Gasteiger charge is 2.43. The van der Waals surface area contributed by atoms with Crippen LogP contribution in [-0.2, 0) is 9.47 Å². The Labute approximate surface area is 104 Å². The molecule has 3 aliphatic rings. The third-order valence-corrected chi connectivity index (χ3v) is 5.07. The molecule has 2 unspecified atom stereocenters. The fourth-order valence-corrected chi connectivity index (χ4v) is 3.89. The summed E-state index contributed by atoms with van der Waals surface area (Å²) in [5.41, 5.74) is 0.567. The first-order chi connectivity index (χ1) is 8.39. The average molecular weight is 239 g/mol. The summed E-state index contributed by atoms with van der Waals surface area (Å²) in [4.78, 5) is 0. The largest absolute Gasteiger partial charge is 0.381 e. The number of rotatable bonds is 3. The van der Waals surface area contributed by atoms with E-state index in [0.717, 1.165) is 44.9 Å². The molecular weight excluding hydrogens is 214 g/mol. The molecule has 1 saturated carbocycles. The predicted molar refractivity (Wildman–Crippen MR) is 67.1 cm³/mol. The molecule has 1 spiro atoms. The topological polar surface area (TPSA) is 30.5 Å². The summed E-state index contributed by atoms with van der Waals surface area (Å²) in [5.74, 6) is 0.757. The Bertz CT molecular complexity index is 245. The van der Waals surface area contributed by atoms with Crippen LogP contribution in [0.15, 0.2) is 0 Å². The van der Waals surface area contributed by atoms with Gasteiger partial charge < -0.3 is 14.8 Å². The normalized spacial score (nSPS) is 36.7. The van der Waals surface area contributed by atoms with Crippen LogP contribution in [0.4, 0.5) is 0 Å². The van der Waals surface area contributed by atoms with Gasteiger partial charge in [0.25, 0.3) is 0 Å². The van der Waals surface area contributed by atoms with E-state index in [9.17, 15) is 0 Å². The van der Waals surface area contributed by atoms with Gasteiger partial charge in [-0.1, -0.05) is 6.42 Å². The van der Waals surface area contributed by atoms with Gasteiger partial charge in [-0.3, -0.25) is 0 Å². The highest BCUT2D eigenvalue weighted by atomic mass is 16.5. The van der Waals surface area contributed by atoms with E-state index in [2.05, 4.69) is 5.32 Å². The third-order valence-electron chi connectivity index (χ3n) is 5.07. The maximum absolute atomic E-state index is 5.53. The Hall–Kier alpha value is -0.120. The first kappa shape index (κ1) is 11.9. The SMILES string of the molecule is C1CC(NCC2CCOC2)C2(C1)CCOCC2. The third kappa shape index (κ3) is 2.51. The summed E-state index contributed by atoms with van der Waals surface area (Å²) in [5, 5.41) is 3.85. The second-order valence-corrected chi connectivity index (χ2v) is 6.06. The summed E-state index contributed by atoms with van der Waals surface area (Å²) in [6.45, 7) is 5.05. The molecule has 0 radical (unpaired) electrons. The molecule has 1 N–H and O–H groups in total. The van der Waals surface area contributed by atoms with Crippen molar-refractivity contribution in [1.29, 1.82) is 0 Å². The molecule has 0 aromatic heterocycles. The molecule has 98 valence electrons. The predicted octanol–water partition coefficient (Wildman–Crippen LogP) is 1.96. The number of hydrogen-bond acceptors (Lipinski definition) is 3. The molecule has 3 fully saturated rings. The minimum atomic E-state index is 0.567. The van der Waals surface area contributed by atoms with Crippen molar-refractivity contribution in [3.63, 3.8) is 0 Å². The standard InChI is InChI=1S/C14H25NO2/c1-2-13(15-10-12-3-7-17-11-12)14(4-1)5-8-16-9-6-14/h12-13,15H,1-11H2. The highest BCUT2D eigenvalue weighted by Crippen LogP contribution is 2.46. The minimum absolute atomic E-state index is 0.567. The van der Waals surface area contributed by atoms with Crippen LogP contribution in [0.25, 0.3) is 0 Å². The molecule has 2 aliphatic heterocycles. The lowest BCUT2D eigenvalue weighted by atomic mass is 9.75. The molecule has 0 bridgehead atoms. The van der Waals surface area contributed by atoms with Crippen LogP contribution in [0.2, 0.25) is 0 Å². The van der Waals surface area contributed by atoms with Crippen molar-refractivity contribution in [3.8, 4) is 0 Å². The molecule has 0 aromatic rings. The van der Waals surface area contributed by atoms with E-state index in [1.165, 1.54) is 38.5 Å². The van der Waals surface area contributed by atoms with Crippen molar-refractivity contribution in [3.05, 3.63) is 0 Å². The number of hydrogen-bond donors (Lipinski definition) is 1. The van der Waals surface area contributed by atoms with Gasteiger partial charge in [0.1, 0.15) is 0 Å². The van der Waals surface area contributed by atoms with Crippen LogP contribution < -0.4 is 5.32 Å². The van der Waals surface area contributed by atoms with Gasteiger partial charge in [0.2, 0.25) is 0 Å². The van der Waals surface area contributed by atoms with Gasteiger partial charge in [0.05, 0.1) is 6.61 Å². The molecule has 0 amide bonds. The van der Waals surface area contributed by atoms with E-state index in [4.69, 9.17) is 9.47 Å². The van der Waals surface area contributed by atoms with Gasteiger partial charge in [0, 0.05) is 32.4 Å². The highest BCUT2D eigenvalue weighted by molar-refractivity contribution is 4.97. The maximum Gasteiger partial charge on any atom is 0.0507 e. The fourth-order valence-electron chi connectivity index (χ4n) is 3.89. The molecule has 3 nitrogen and oxygen atoms in total. The summed E-state index contributed by atoms with van der Waals surface area (Å²) in [6, 6.07) is 0.743. The Kier molecular flexibility index (Phi) is 3.69. The van der Waals surface area contributed by atoms with E-state index < -0.39 is 0 Å². The Morgan fingerprint density at radius 3 is 2.65 bits per heavy atom. The number of nitrogens with one attached hydrogen (secondary N) is 1. The molecule has 0 aromatic carbocycles. The lowest BCUT2D eigenvalue weighted by molar-refractivity contribution is 0.00380. The number of ether oxygens (including phenoxy) is 2. The average Bonchev–Trinajstić information content (AvgIpc) is 2.98. The lowest BCUT2D eigenvalue weighted by Gasteiger charge is -2.39. The van der Waals surface area contributed by atoms with Crippen molar-refractivity contribution >= 4 is 0 Å². The smallest absolute Gasteiger partial charge is 0.0507 e. The minimum Gasteiger partial charge on any atom is -0.381 e. The monoisotopic (exact) mass is 239 g/mol. The molecule has 2 atom stereocenters. The molecule has 2 saturated heterocycles. The van der Waals surface area contributed by atoms with Gasteiger partial charge in [-0.25, -0.2) is 0 Å². The van der Waals surface area contributed by atoms with Crippen LogP contribution in [0, 0.1) is 11.3 Å². The van der Waals surface area contributed by atoms with E-state index in [-0.39, 0.29) is 0 Å². The summed E-state index contributed by atoms with van der Waals surface area (Å²) in [6.07, 6.45) is 7.97. The van der Waals surface area contributed by atoms with Crippen molar-refractivity contribution < 1.29 is 9.47 Å². The zero-order valence-electron chi connectivity index (χ0n) is 10.7. The first-order valence-corrected chi connectivity index (χ1v) is 7.28. The second kappa shape index (κ2) is 5.25. The Morgan fingerprint density at radius 1 is 1.00 bits per heavy atom. The summed E-state index contributed by atoms with van der Waals surface area (Å²) in [7, 11) is 0. The van der Waals surface area contributed by atoms with Gasteiger partial charge >= 0.3 is 0 Å². The van der Waals surface area contributed by atoms with Crippen molar-refractivity contribution in [1.82, 2.24) is 5.32 Å². The van der Waals surface area contributed by atoms with Gasteiger partial charge in [0.15, 0.2) is 0 Å². The second-order valence-electron chi connectivity index (χ2n) is 6.06. The molecule has 3 heteroatoms. The molecule has 2 heterocycles. The zero-order chi connectivity index (χ0) is 11.6. The summed E-state index contributed by atoms with van der Waals surface area (Å²) < 4.78 is 11.0. The van der Waals surface area contributed by atoms with Crippen molar-refractivity contribution in [2.45, 2.75) is 44.6 Å². The van der Waals surface area contributed by atoms with Crippen LogP contribution >= 0.6 is 0 Å². The van der Waals surface area contributed by atoms with Crippen LogP contribution in [0.1, 0.15) is 38.5 Å². The van der Waals surface area contributed by atoms with E-state index in [1.54, 1.807) is 0 Å². The van der Waals surface area contributed by atoms with E-state index in [0.29, 0.717) is 5.41 Å². The summed E-state index contributed by atoms with van der Waals surface area (Å²) >= 11 is 0. The van der Waals surface area contributed by atoms with E-state index in [1.807, 2.05) is 0 Å². The van der Waals surface area contributed by atoms with Gasteiger partial charge in [-0.2, -0.15) is 0 Å².